The molecule has 0 fully saturated rings. The first-order valence-corrected chi connectivity index (χ1v) is 8.62. The molecule has 8 nitrogen and oxygen atoms in total. The van der Waals surface area contributed by atoms with Gasteiger partial charge in [-0.25, -0.2) is 0 Å². The summed E-state index contributed by atoms with van der Waals surface area (Å²) in [6, 6.07) is 7.47. The smallest absolute Gasteiger partial charge is 0.280 e. The number of fused-ring (bicyclic) bond motifs is 1. The Morgan fingerprint density at radius 3 is 2.65 bits per heavy atom. The van der Waals surface area contributed by atoms with Crippen LogP contribution in [-0.4, -0.2) is 30.0 Å². The van der Waals surface area contributed by atoms with Crippen LogP contribution in [0.2, 0.25) is 0 Å². The molecule has 3 rings (SSSR count). The Balaban J connectivity index is 2.30. The molecule has 0 amide bonds. The van der Waals surface area contributed by atoms with Gasteiger partial charge >= 0.3 is 0 Å². The van der Waals surface area contributed by atoms with E-state index in [1.54, 1.807) is 0 Å². The minimum atomic E-state index is -1.75. The minimum Gasteiger partial charge on any atom is -0.399 e. The maximum Gasteiger partial charge on any atom is 0.280 e. The van der Waals surface area contributed by atoms with Crippen LogP contribution in [0.3, 0.4) is 0 Å². The van der Waals surface area contributed by atoms with E-state index in [0.29, 0.717) is 23.5 Å². The third-order valence-corrected chi connectivity index (χ3v) is 5.97. The molecule has 1 aliphatic heterocycles. The molecule has 1 aromatic heterocycles. The molecule has 0 unspecified atom stereocenters. The first-order chi connectivity index (χ1) is 12.4. The molecule has 1 aromatic rings. The average Bonchev–Trinajstić information content (AvgIpc) is 3.11. The van der Waals surface area contributed by atoms with Crippen LogP contribution in [-0.2, 0) is 0 Å². The fraction of sp³-hybridized carbons (Fsp3) is 0.353. The van der Waals surface area contributed by atoms with E-state index < -0.39 is 16.3 Å². The van der Waals surface area contributed by atoms with Crippen molar-refractivity contribution >= 4 is 17.0 Å². The number of nitriles is 3. The van der Waals surface area contributed by atoms with Crippen LogP contribution in [0.5, 0.6) is 0 Å². The van der Waals surface area contributed by atoms with Gasteiger partial charge in [0.05, 0.1) is 33.7 Å². The summed E-state index contributed by atoms with van der Waals surface area (Å²) >= 11 is 1.13. The van der Waals surface area contributed by atoms with E-state index in [1.807, 2.05) is 36.2 Å². The number of nitrogens with two attached hydrogens (primary N) is 1. The summed E-state index contributed by atoms with van der Waals surface area (Å²) in [4.78, 5) is 13.1. The number of hydrogen-bond donors (Lipinski definition) is 1. The van der Waals surface area contributed by atoms with E-state index in [-0.39, 0.29) is 22.9 Å². The van der Waals surface area contributed by atoms with Crippen LogP contribution in [0, 0.1) is 55.4 Å². The minimum absolute atomic E-state index is 0.0712. The van der Waals surface area contributed by atoms with Crippen LogP contribution in [0.25, 0.3) is 0 Å². The van der Waals surface area contributed by atoms with E-state index in [0.717, 1.165) is 11.3 Å². The SMILES string of the molecule is CN1CC=C2C(C#N)=C(N)C(C#N)(C#N)[C@H](c3cc([N+](=O)[O-])cs3)[C@H]2C1. The molecule has 2 N–H and O–H groups in total. The van der Waals surface area contributed by atoms with Gasteiger partial charge in [-0.15, -0.1) is 11.3 Å². The van der Waals surface area contributed by atoms with Crippen LogP contribution < -0.4 is 5.73 Å². The van der Waals surface area contributed by atoms with Crippen LogP contribution in [0.15, 0.2) is 34.4 Å². The third kappa shape index (κ3) is 2.36. The van der Waals surface area contributed by atoms with Gasteiger partial charge < -0.3 is 10.6 Å². The predicted octanol–water partition coefficient (Wildman–Crippen LogP) is 2.01. The van der Waals surface area contributed by atoms with Crippen molar-refractivity contribution in [1.82, 2.24) is 4.90 Å². The van der Waals surface area contributed by atoms with Gasteiger partial charge in [-0.1, -0.05) is 6.08 Å². The molecule has 2 aliphatic rings. The van der Waals surface area contributed by atoms with Crippen molar-refractivity contribution in [3.05, 3.63) is 49.4 Å². The molecule has 0 saturated heterocycles. The van der Waals surface area contributed by atoms with Crippen LogP contribution >= 0.6 is 11.3 Å². The van der Waals surface area contributed by atoms with Gasteiger partial charge in [-0.05, 0) is 12.6 Å². The first kappa shape index (κ1) is 17.6. The van der Waals surface area contributed by atoms with E-state index >= 15 is 0 Å². The van der Waals surface area contributed by atoms with Gasteiger partial charge in [-0.3, -0.25) is 10.1 Å². The fourth-order valence-corrected chi connectivity index (χ4v) is 4.82. The Bertz CT molecular complexity index is 957. The lowest BCUT2D eigenvalue weighted by molar-refractivity contribution is -0.384. The molecule has 130 valence electrons. The highest BCUT2D eigenvalue weighted by Gasteiger charge is 2.55. The lowest BCUT2D eigenvalue weighted by Crippen LogP contribution is -2.47. The van der Waals surface area contributed by atoms with Crippen molar-refractivity contribution in [3.8, 4) is 18.2 Å². The van der Waals surface area contributed by atoms with Crippen molar-refractivity contribution in [1.29, 1.82) is 15.8 Å². The number of thiophene rings is 1. The zero-order valence-electron chi connectivity index (χ0n) is 13.8. The Hall–Kier alpha value is -3.19. The molecule has 1 aliphatic carbocycles. The predicted molar refractivity (Wildman–Crippen MR) is 93.3 cm³/mol. The summed E-state index contributed by atoms with van der Waals surface area (Å²) < 4.78 is 0. The van der Waals surface area contributed by atoms with Gasteiger partial charge in [0, 0.05) is 35.9 Å². The number of hydrogen-bond acceptors (Lipinski definition) is 8. The molecule has 9 heteroatoms. The van der Waals surface area contributed by atoms with Gasteiger partial charge in [0.25, 0.3) is 5.69 Å². The Kier molecular flexibility index (Phi) is 4.25. The highest BCUT2D eigenvalue weighted by molar-refractivity contribution is 7.10. The second-order valence-corrected chi connectivity index (χ2v) is 7.30. The third-order valence-electron chi connectivity index (χ3n) is 4.97. The Labute approximate surface area is 153 Å². The number of allylic oxidation sites excluding steroid dienone is 2. The molecule has 0 saturated carbocycles. The lowest BCUT2D eigenvalue weighted by Gasteiger charge is -2.44. The largest absolute Gasteiger partial charge is 0.399 e. The number of likely N-dealkylation sites (N-methyl/N-ethyl adjacent to an activating group) is 1. The Morgan fingerprint density at radius 2 is 2.12 bits per heavy atom. The molecule has 0 aromatic carbocycles. The van der Waals surface area contributed by atoms with Crippen molar-refractivity contribution in [2.75, 3.05) is 20.1 Å². The van der Waals surface area contributed by atoms with Crippen molar-refractivity contribution < 1.29 is 4.92 Å². The number of nitro groups is 1. The average molecular weight is 366 g/mol. The van der Waals surface area contributed by atoms with E-state index in [4.69, 9.17) is 5.73 Å². The summed E-state index contributed by atoms with van der Waals surface area (Å²) in [7, 11) is 1.90. The van der Waals surface area contributed by atoms with Gasteiger partial charge in [0.2, 0.25) is 0 Å². The zero-order chi connectivity index (χ0) is 19.1. The standard InChI is InChI=1S/C17H14N6O2S/c1-22-3-2-11-12(5-18)16(21)17(8-19,9-20)15(13(11)6-22)14-4-10(7-26-14)23(24)25/h2,4,7,13,15H,3,6,21H2,1H3/t13-,15-/m0/s1. The molecule has 0 radical (unpaired) electrons. The lowest BCUT2D eigenvalue weighted by atomic mass is 9.59. The first-order valence-electron chi connectivity index (χ1n) is 7.74. The highest BCUT2D eigenvalue weighted by Crippen LogP contribution is 2.55. The van der Waals surface area contributed by atoms with Crippen molar-refractivity contribution in [2.45, 2.75) is 5.92 Å². The number of nitrogens with zero attached hydrogens (tertiary/aromatic N) is 5. The van der Waals surface area contributed by atoms with Crippen molar-refractivity contribution in [2.24, 2.45) is 17.1 Å². The van der Waals surface area contributed by atoms with E-state index in [9.17, 15) is 25.9 Å². The van der Waals surface area contributed by atoms with E-state index in [1.165, 1.54) is 11.4 Å². The normalized spacial score (nSPS) is 24.6. The molecule has 2 heterocycles. The summed E-state index contributed by atoms with van der Waals surface area (Å²) in [5, 5.41) is 41.8. The maximum atomic E-state index is 11.1. The summed E-state index contributed by atoms with van der Waals surface area (Å²) in [5.41, 5.74) is 5.14. The van der Waals surface area contributed by atoms with Gasteiger partial charge in [-0.2, -0.15) is 15.8 Å². The van der Waals surface area contributed by atoms with E-state index in [2.05, 4.69) is 0 Å². The summed E-state index contributed by atoms with van der Waals surface area (Å²) in [6.07, 6.45) is 1.88. The Morgan fingerprint density at radius 1 is 1.42 bits per heavy atom. The van der Waals surface area contributed by atoms with Crippen LogP contribution in [0.1, 0.15) is 10.8 Å². The van der Waals surface area contributed by atoms with Gasteiger partial charge in [0.1, 0.15) is 6.07 Å². The monoisotopic (exact) mass is 366 g/mol. The second kappa shape index (κ2) is 6.27. The quantitative estimate of drug-likeness (QED) is 0.622. The molecular weight excluding hydrogens is 352 g/mol. The molecule has 2 atom stereocenters. The molecule has 26 heavy (non-hydrogen) atoms. The van der Waals surface area contributed by atoms with Crippen LogP contribution in [0.4, 0.5) is 5.69 Å². The van der Waals surface area contributed by atoms with Crippen molar-refractivity contribution in [3.63, 3.8) is 0 Å². The van der Waals surface area contributed by atoms with Gasteiger partial charge in [0.15, 0.2) is 5.41 Å². The number of rotatable bonds is 2. The fourth-order valence-electron chi connectivity index (χ4n) is 3.73. The molecular formula is C17H14N6O2S. The topological polar surface area (TPSA) is 144 Å². The summed E-state index contributed by atoms with van der Waals surface area (Å²) in [6.45, 7) is 1.14. The molecule has 0 spiro atoms. The molecule has 0 bridgehead atoms. The second-order valence-electron chi connectivity index (χ2n) is 6.36. The maximum absolute atomic E-state index is 11.1. The summed E-state index contributed by atoms with van der Waals surface area (Å²) in [5.74, 6) is -1.00. The zero-order valence-corrected chi connectivity index (χ0v) is 14.7. The highest BCUT2D eigenvalue weighted by atomic mass is 32.1.